The van der Waals surface area contributed by atoms with Crippen molar-refractivity contribution in [1.29, 1.82) is 0 Å². The van der Waals surface area contributed by atoms with Crippen LogP contribution in [0.3, 0.4) is 0 Å². The Hall–Kier alpha value is -2.18. The molecule has 122 valence electrons. The van der Waals surface area contributed by atoms with Gasteiger partial charge in [0.25, 0.3) is 0 Å². The predicted molar refractivity (Wildman–Crippen MR) is 88.6 cm³/mol. The fraction of sp³-hybridized carbons (Fsp3) is 0.412. The van der Waals surface area contributed by atoms with E-state index in [-0.39, 0.29) is 6.04 Å². The molecule has 1 aromatic carbocycles. The van der Waals surface area contributed by atoms with Gasteiger partial charge in [0.15, 0.2) is 0 Å². The van der Waals surface area contributed by atoms with Gasteiger partial charge in [-0.25, -0.2) is 4.98 Å². The van der Waals surface area contributed by atoms with E-state index in [9.17, 15) is 0 Å². The Morgan fingerprint density at radius 2 is 2.00 bits per heavy atom. The second kappa shape index (κ2) is 7.89. The molecule has 2 aromatic rings. The summed E-state index contributed by atoms with van der Waals surface area (Å²) in [6, 6.07) is 12.5. The summed E-state index contributed by atoms with van der Waals surface area (Å²) in [5.41, 5.74) is 1.28. The molecule has 0 aliphatic carbocycles. The summed E-state index contributed by atoms with van der Waals surface area (Å²) < 4.78 is 10.6. The van der Waals surface area contributed by atoms with Crippen molar-refractivity contribution in [1.82, 2.24) is 14.9 Å². The molecule has 0 spiro atoms. The van der Waals surface area contributed by atoms with Gasteiger partial charge in [-0.1, -0.05) is 30.3 Å². The fourth-order valence-corrected chi connectivity index (χ4v) is 2.75. The second-order valence-electron chi connectivity index (χ2n) is 5.38. The highest BCUT2D eigenvalue weighted by molar-refractivity contribution is 5.29. The van der Waals surface area contributed by atoms with Crippen LogP contribution in [-0.2, 0) is 4.74 Å². The Labute approximate surface area is 136 Å². The highest BCUT2D eigenvalue weighted by Crippen LogP contribution is 2.22. The highest BCUT2D eigenvalue weighted by Gasteiger charge is 2.22. The molecule has 1 N–H and O–H groups in total. The van der Waals surface area contributed by atoms with E-state index in [1.54, 1.807) is 19.4 Å². The van der Waals surface area contributed by atoms with Gasteiger partial charge in [0.1, 0.15) is 0 Å². The van der Waals surface area contributed by atoms with Gasteiger partial charge in [-0.15, -0.1) is 0 Å². The minimum absolute atomic E-state index is 0.259. The van der Waals surface area contributed by atoms with Gasteiger partial charge in [-0.05, 0) is 5.56 Å². The first-order chi connectivity index (χ1) is 11.4. The number of hydrogen-bond donors (Lipinski definition) is 1. The van der Waals surface area contributed by atoms with Crippen LogP contribution in [0, 0.1) is 0 Å². The van der Waals surface area contributed by atoms with Gasteiger partial charge >= 0.3 is 0 Å². The van der Waals surface area contributed by atoms with E-state index in [1.807, 2.05) is 6.07 Å². The lowest BCUT2D eigenvalue weighted by Gasteiger charge is -2.34. The zero-order valence-corrected chi connectivity index (χ0v) is 13.3. The van der Waals surface area contributed by atoms with Crippen LogP contribution in [0.15, 0.2) is 42.6 Å². The first-order valence-electron chi connectivity index (χ1n) is 7.84. The molecule has 1 fully saturated rings. The average Bonchev–Trinajstić information content (AvgIpc) is 2.64. The van der Waals surface area contributed by atoms with Crippen LogP contribution in [0.25, 0.3) is 0 Å². The lowest BCUT2D eigenvalue weighted by atomic mass is 10.0. The molecule has 2 heterocycles. The quantitative estimate of drug-likeness (QED) is 0.880. The largest absolute Gasteiger partial charge is 0.481 e. The standard InChI is InChI=1S/C17H22N4O2/c1-22-16-7-8-18-17(20-16)19-13-15(14-5-3-2-4-6-14)21-9-11-23-12-10-21/h2-8,15H,9-13H2,1H3,(H,18,19,20). The van der Waals surface area contributed by atoms with Crippen molar-refractivity contribution in [3.8, 4) is 5.88 Å². The van der Waals surface area contributed by atoms with Crippen LogP contribution in [-0.4, -0.2) is 54.8 Å². The monoisotopic (exact) mass is 314 g/mol. The number of benzene rings is 1. The molecule has 1 atom stereocenters. The predicted octanol–water partition coefficient (Wildman–Crippen LogP) is 1.97. The van der Waals surface area contributed by atoms with Crippen molar-refractivity contribution in [2.75, 3.05) is 45.3 Å². The summed E-state index contributed by atoms with van der Waals surface area (Å²) >= 11 is 0. The molecule has 1 unspecified atom stereocenters. The van der Waals surface area contributed by atoms with Crippen LogP contribution >= 0.6 is 0 Å². The number of morpholine rings is 1. The molecule has 0 amide bonds. The Morgan fingerprint density at radius 3 is 2.74 bits per heavy atom. The topological polar surface area (TPSA) is 59.5 Å². The number of rotatable bonds is 6. The van der Waals surface area contributed by atoms with E-state index in [4.69, 9.17) is 9.47 Å². The van der Waals surface area contributed by atoms with Crippen molar-refractivity contribution in [2.24, 2.45) is 0 Å². The molecule has 0 radical (unpaired) electrons. The molecular formula is C17H22N4O2. The zero-order chi connectivity index (χ0) is 15.9. The third-order valence-electron chi connectivity index (χ3n) is 3.96. The summed E-state index contributed by atoms with van der Waals surface area (Å²) in [4.78, 5) is 11.0. The molecule has 1 saturated heterocycles. The molecular weight excluding hydrogens is 292 g/mol. The van der Waals surface area contributed by atoms with Gasteiger partial charge in [-0.2, -0.15) is 4.98 Å². The van der Waals surface area contributed by atoms with Crippen LogP contribution in [0.1, 0.15) is 11.6 Å². The number of methoxy groups -OCH3 is 1. The fourth-order valence-electron chi connectivity index (χ4n) is 2.75. The Balaban J connectivity index is 1.72. The maximum atomic E-state index is 5.48. The van der Waals surface area contributed by atoms with E-state index >= 15 is 0 Å². The number of anilines is 1. The minimum atomic E-state index is 0.259. The van der Waals surface area contributed by atoms with Gasteiger partial charge in [-0.3, -0.25) is 4.90 Å². The lowest BCUT2D eigenvalue weighted by Crippen LogP contribution is -2.41. The number of nitrogens with zero attached hydrogens (tertiary/aromatic N) is 3. The molecule has 1 aliphatic heterocycles. The van der Waals surface area contributed by atoms with E-state index in [2.05, 4.69) is 44.5 Å². The molecule has 3 rings (SSSR count). The molecule has 6 heteroatoms. The van der Waals surface area contributed by atoms with Gasteiger partial charge in [0, 0.05) is 31.9 Å². The van der Waals surface area contributed by atoms with Gasteiger partial charge in [0.05, 0.1) is 26.4 Å². The number of nitrogens with one attached hydrogen (secondary N) is 1. The number of hydrogen-bond acceptors (Lipinski definition) is 6. The third-order valence-corrected chi connectivity index (χ3v) is 3.96. The zero-order valence-electron chi connectivity index (χ0n) is 13.3. The summed E-state index contributed by atoms with van der Waals surface area (Å²) in [5, 5.41) is 3.33. The van der Waals surface area contributed by atoms with Crippen LogP contribution in [0.2, 0.25) is 0 Å². The molecule has 0 bridgehead atoms. The smallest absolute Gasteiger partial charge is 0.226 e. The summed E-state index contributed by atoms with van der Waals surface area (Å²) in [5.74, 6) is 1.14. The van der Waals surface area contributed by atoms with Gasteiger partial charge in [0.2, 0.25) is 11.8 Å². The van der Waals surface area contributed by atoms with Crippen molar-refractivity contribution in [3.05, 3.63) is 48.2 Å². The first kappa shape index (κ1) is 15.7. The van der Waals surface area contributed by atoms with Crippen molar-refractivity contribution in [2.45, 2.75) is 6.04 Å². The first-order valence-corrected chi connectivity index (χ1v) is 7.84. The van der Waals surface area contributed by atoms with Gasteiger partial charge < -0.3 is 14.8 Å². The van der Waals surface area contributed by atoms with E-state index in [0.29, 0.717) is 11.8 Å². The normalized spacial score (nSPS) is 16.7. The van der Waals surface area contributed by atoms with Crippen molar-refractivity contribution < 1.29 is 9.47 Å². The maximum Gasteiger partial charge on any atom is 0.226 e. The Kier molecular flexibility index (Phi) is 5.39. The molecule has 23 heavy (non-hydrogen) atoms. The van der Waals surface area contributed by atoms with Crippen molar-refractivity contribution >= 4 is 5.95 Å². The highest BCUT2D eigenvalue weighted by atomic mass is 16.5. The minimum Gasteiger partial charge on any atom is -0.481 e. The SMILES string of the molecule is COc1ccnc(NCC(c2ccccc2)N2CCOCC2)n1. The Morgan fingerprint density at radius 1 is 1.22 bits per heavy atom. The lowest BCUT2D eigenvalue weighted by molar-refractivity contribution is 0.0187. The van der Waals surface area contributed by atoms with E-state index < -0.39 is 0 Å². The van der Waals surface area contributed by atoms with Crippen LogP contribution < -0.4 is 10.1 Å². The van der Waals surface area contributed by atoms with E-state index in [0.717, 1.165) is 32.8 Å². The molecule has 0 saturated carbocycles. The maximum absolute atomic E-state index is 5.48. The molecule has 1 aliphatic rings. The number of aromatic nitrogens is 2. The van der Waals surface area contributed by atoms with Crippen LogP contribution in [0.5, 0.6) is 5.88 Å². The van der Waals surface area contributed by atoms with Crippen molar-refractivity contribution in [3.63, 3.8) is 0 Å². The molecule has 6 nitrogen and oxygen atoms in total. The number of ether oxygens (including phenoxy) is 2. The second-order valence-corrected chi connectivity index (χ2v) is 5.38. The average molecular weight is 314 g/mol. The third kappa shape index (κ3) is 4.18. The summed E-state index contributed by atoms with van der Waals surface area (Å²) in [6.45, 7) is 4.15. The van der Waals surface area contributed by atoms with E-state index in [1.165, 1.54) is 5.56 Å². The Bertz CT molecular complexity index is 603. The van der Waals surface area contributed by atoms with Crippen LogP contribution in [0.4, 0.5) is 5.95 Å². The molecule has 1 aromatic heterocycles. The summed E-state index contributed by atoms with van der Waals surface area (Å²) in [7, 11) is 1.60. The summed E-state index contributed by atoms with van der Waals surface area (Å²) in [6.07, 6.45) is 1.69.